The molecule has 2 spiro atoms. The van der Waals surface area contributed by atoms with Crippen LogP contribution in [0.4, 0.5) is 18.0 Å². The zero-order valence-electron chi connectivity index (χ0n) is 21.1. The molecule has 4 aliphatic carbocycles. The first kappa shape index (κ1) is 26.5. The first-order chi connectivity index (χ1) is 16.8. The molecule has 9 nitrogen and oxygen atoms in total. The number of rotatable bonds is 3. The molecule has 10 atom stereocenters. The van der Waals surface area contributed by atoms with Crippen LogP contribution in [0.1, 0.15) is 48.0 Å². The molecule has 1 aliphatic heterocycles. The van der Waals surface area contributed by atoms with Crippen LogP contribution in [0.25, 0.3) is 0 Å². The Morgan fingerprint density at radius 3 is 2.38 bits per heavy atom. The van der Waals surface area contributed by atoms with Gasteiger partial charge in [0.1, 0.15) is 0 Å². The second kappa shape index (κ2) is 7.49. The maximum Gasteiger partial charge on any atom is 0.523 e. The van der Waals surface area contributed by atoms with E-state index in [4.69, 9.17) is 18.4 Å². The molecule has 2 bridgehead atoms. The molecule has 1 heterocycles. The van der Waals surface area contributed by atoms with Crippen molar-refractivity contribution in [2.75, 3.05) is 0 Å². The smallest absolute Gasteiger partial charge is 0.454 e. The molecule has 0 amide bonds. The predicted octanol–water partition coefficient (Wildman–Crippen LogP) is 3.52. The van der Waals surface area contributed by atoms with Crippen molar-refractivity contribution in [3.63, 3.8) is 0 Å². The summed E-state index contributed by atoms with van der Waals surface area (Å²) in [5, 5.41) is 0. The van der Waals surface area contributed by atoms with E-state index in [-0.39, 0.29) is 5.92 Å². The van der Waals surface area contributed by atoms with Gasteiger partial charge in [-0.05, 0) is 42.1 Å². The van der Waals surface area contributed by atoms with Crippen molar-refractivity contribution in [2.24, 2.45) is 40.4 Å². The van der Waals surface area contributed by atoms with Crippen LogP contribution in [0, 0.1) is 40.4 Å². The third-order valence-corrected chi connectivity index (χ3v) is 10.6. The van der Waals surface area contributed by atoms with Gasteiger partial charge in [-0.3, -0.25) is 13.8 Å². The van der Waals surface area contributed by atoms with Crippen LogP contribution < -0.4 is 0 Å². The van der Waals surface area contributed by atoms with E-state index in [1.165, 1.54) is 6.92 Å². The molecule has 3 saturated carbocycles. The summed E-state index contributed by atoms with van der Waals surface area (Å²) in [4.78, 5) is 39.5. The molecule has 0 aromatic carbocycles. The zero-order chi connectivity index (χ0) is 27.7. The summed E-state index contributed by atoms with van der Waals surface area (Å²) >= 11 is 0. The van der Waals surface area contributed by atoms with E-state index in [1.54, 1.807) is 19.9 Å². The minimum absolute atomic E-state index is 0.129. The van der Waals surface area contributed by atoms with E-state index in [0.717, 1.165) is 6.92 Å². The standard InChI is InChI=1S/C24H29F3O9S/c1-9-8-22-10(2)7-13-15(21(13,5)6)14(17(22)29)16(36-37(31,32)24(25,26)27)11(3)19-23(22,35-20(30)34-19)18(9)33-12(4)28/h8,10-11,13-16,18-19H,7H2,1-6H3/t10-,11+,13-,14-,15+,16-,18+,19-,22+,23-/m1/s1. The summed E-state index contributed by atoms with van der Waals surface area (Å²) in [6.45, 7) is 9.69. The first-order valence-corrected chi connectivity index (χ1v) is 13.6. The molecule has 206 valence electrons. The number of Topliss-reactive ketones (excluding diaryl/α,β-unsaturated/α-hetero) is 1. The highest BCUT2D eigenvalue weighted by Crippen LogP contribution is 2.74. The summed E-state index contributed by atoms with van der Waals surface area (Å²) in [6.07, 6.45) is -3.68. The van der Waals surface area contributed by atoms with Gasteiger partial charge < -0.3 is 14.2 Å². The van der Waals surface area contributed by atoms with Crippen molar-refractivity contribution >= 4 is 28.0 Å². The van der Waals surface area contributed by atoms with Gasteiger partial charge in [0.2, 0.25) is 5.60 Å². The van der Waals surface area contributed by atoms with Crippen LogP contribution in [-0.4, -0.2) is 55.7 Å². The normalized spacial score (nSPS) is 45.8. The van der Waals surface area contributed by atoms with E-state index in [1.807, 2.05) is 13.8 Å². The highest BCUT2D eigenvalue weighted by atomic mass is 32.2. The molecule has 0 radical (unpaired) electrons. The van der Waals surface area contributed by atoms with E-state index in [0.29, 0.717) is 12.0 Å². The van der Waals surface area contributed by atoms with Crippen molar-refractivity contribution in [3.8, 4) is 0 Å². The molecule has 0 aromatic heterocycles. The number of ether oxygens (including phenoxy) is 3. The monoisotopic (exact) mass is 550 g/mol. The number of ketones is 1. The van der Waals surface area contributed by atoms with Gasteiger partial charge in [-0.25, -0.2) is 4.79 Å². The second-order valence-electron chi connectivity index (χ2n) is 11.7. The maximum atomic E-state index is 14.7. The predicted molar refractivity (Wildman–Crippen MR) is 118 cm³/mol. The summed E-state index contributed by atoms with van der Waals surface area (Å²) in [7, 11) is -6.12. The van der Waals surface area contributed by atoms with Gasteiger partial charge in [-0.2, -0.15) is 21.6 Å². The number of halogens is 3. The fraction of sp³-hybridized carbons (Fsp3) is 0.792. The Bertz CT molecular complexity index is 1220. The third-order valence-electron chi connectivity index (χ3n) is 9.58. The second-order valence-corrected chi connectivity index (χ2v) is 13.3. The molecule has 13 heteroatoms. The van der Waals surface area contributed by atoms with Crippen molar-refractivity contribution in [1.82, 2.24) is 0 Å². The van der Waals surface area contributed by atoms with Crippen molar-refractivity contribution in [3.05, 3.63) is 11.6 Å². The Balaban J connectivity index is 1.79. The molecule has 5 aliphatic rings. The van der Waals surface area contributed by atoms with Crippen molar-refractivity contribution < 1.29 is 54.4 Å². The lowest BCUT2D eigenvalue weighted by molar-refractivity contribution is -0.181. The van der Waals surface area contributed by atoms with E-state index >= 15 is 0 Å². The third kappa shape index (κ3) is 3.12. The van der Waals surface area contributed by atoms with Gasteiger partial charge in [0.15, 0.2) is 18.0 Å². The SMILES string of the molecule is CC(=O)O[C@H]1C(C)=C[C@]23C(=O)[C@@H]([C@H](OS(=O)(=O)C(F)(F)F)[C@H](C)[C@H]4OC(=O)O[C@@]412)[C@@H]1[C@@H](C[C@H]3C)C1(C)C. The van der Waals surface area contributed by atoms with Crippen molar-refractivity contribution in [2.45, 2.75) is 77.4 Å². The van der Waals surface area contributed by atoms with Crippen molar-refractivity contribution in [1.29, 1.82) is 0 Å². The zero-order valence-corrected chi connectivity index (χ0v) is 21.9. The molecule has 0 aromatic rings. The first-order valence-electron chi connectivity index (χ1n) is 12.1. The van der Waals surface area contributed by atoms with Crippen LogP contribution in [0.5, 0.6) is 0 Å². The summed E-state index contributed by atoms with van der Waals surface area (Å²) < 4.78 is 86.7. The van der Waals surface area contributed by atoms with Crippen LogP contribution in [-0.2, 0) is 38.1 Å². The Morgan fingerprint density at radius 1 is 1.19 bits per heavy atom. The molecule has 4 fully saturated rings. The van der Waals surface area contributed by atoms with E-state index in [2.05, 4.69) is 0 Å². The van der Waals surface area contributed by atoms with Crippen LogP contribution in [0.15, 0.2) is 11.6 Å². The molecule has 1 saturated heterocycles. The van der Waals surface area contributed by atoms with Gasteiger partial charge in [0, 0.05) is 12.8 Å². The lowest BCUT2D eigenvalue weighted by Gasteiger charge is -2.47. The average molecular weight is 551 g/mol. The number of carbonyl (C=O) groups excluding carboxylic acids is 3. The quantitative estimate of drug-likeness (QED) is 0.225. The average Bonchev–Trinajstić information content (AvgIpc) is 3.03. The lowest BCUT2D eigenvalue weighted by atomic mass is 9.59. The Morgan fingerprint density at radius 2 is 1.81 bits per heavy atom. The number of esters is 1. The fourth-order valence-corrected chi connectivity index (χ4v) is 8.77. The van der Waals surface area contributed by atoms with E-state index in [9.17, 15) is 36.0 Å². The number of hydrogen-bond acceptors (Lipinski definition) is 9. The number of carbonyl (C=O) groups is 3. The topological polar surface area (TPSA) is 122 Å². The summed E-state index contributed by atoms with van der Waals surface area (Å²) in [6, 6.07) is 0. The number of fused-ring (bicyclic) bond motifs is 3. The maximum absolute atomic E-state index is 14.7. The van der Waals surface area contributed by atoms with Gasteiger partial charge in [-0.15, -0.1) is 0 Å². The minimum Gasteiger partial charge on any atom is -0.454 e. The highest BCUT2D eigenvalue weighted by Gasteiger charge is 2.83. The molecule has 0 unspecified atom stereocenters. The molecule has 37 heavy (non-hydrogen) atoms. The molecular weight excluding hydrogens is 521 g/mol. The number of hydrogen-bond donors (Lipinski definition) is 0. The Labute approximate surface area is 212 Å². The summed E-state index contributed by atoms with van der Waals surface area (Å²) in [5.41, 5.74) is -9.35. The number of alkyl halides is 3. The lowest BCUT2D eigenvalue weighted by Crippen LogP contribution is -2.65. The largest absolute Gasteiger partial charge is 0.523 e. The summed E-state index contributed by atoms with van der Waals surface area (Å²) in [5.74, 6) is -4.98. The van der Waals surface area contributed by atoms with Crippen LogP contribution in [0.2, 0.25) is 0 Å². The van der Waals surface area contributed by atoms with E-state index < -0.39 is 91.9 Å². The van der Waals surface area contributed by atoms with Gasteiger partial charge in [0.05, 0.1) is 17.4 Å². The van der Waals surface area contributed by atoms with Gasteiger partial charge in [0.25, 0.3) is 0 Å². The molecular formula is C24H29F3O9S. The highest BCUT2D eigenvalue weighted by molar-refractivity contribution is 7.87. The molecule has 0 N–H and O–H groups in total. The Hall–Kier alpha value is -2.15. The molecule has 5 rings (SSSR count). The minimum atomic E-state index is -6.12. The van der Waals surface area contributed by atoms with Gasteiger partial charge >= 0.3 is 27.8 Å². The fourth-order valence-electron chi connectivity index (χ4n) is 8.07. The van der Waals surface area contributed by atoms with Crippen LogP contribution >= 0.6 is 0 Å². The van der Waals surface area contributed by atoms with Crippen LogP contribution in [0.3, 0.4) is 0 Å². The van der Waals surface area contributed by atoms with Gasteiger partial charge in [-0.1, -0.05) is 33.8 Å². The Kier molecular flexibility index (Phi) is 5.35.